The summed E-state index contributed by atoms with van der Waals surface area (Å²) in [6.45, 7) is 0. The molecule has 2 nitrogen and oxygen atoms in total. The zero-order valence-electron chi connectivity index (χ0n) is 12.5. The van der Waals surface area contributed by atoms with E-state index in [1.54, 1.807) is 6.07 Å². The Morgan fingerprint density at radius 2 is 1.54 bits per heavy atom. The van der Waals surface area contributed by atoms with Crippen molar-refractivity contribution in [1.82, 2.24) is 0 Å². The SMILES string of the molecule is CN=C(c1ccc2c(c1)-c1cc(O)ccc1C2)C(F)(F)C(F)(F)F. The zero-order chi connectivity index (χ0) is 17.7. The van der Waals surface area contributed by atoms with Gasteiger partial charge in [-0.3, -0.25) is 4.99 Å². The summed E-state index contributed by atoms with van der Waals surface area (Å²) in [5.74, 6) is -5.05. The van der Waals surface area contributed by atoms with Gasteiger partial charge in [0.25, 0.3) is 0 Å². The zero-order valence-corrected chi connectivity index (χ0v) is 12.5. The summed E-state index contributed by atoms with van der Waals surface area (Å²) in [5, 5.41) is 9.59. The molecule has 0 aromatic heterocycles. The number of benzene rings is 2. The first-order valence-electron chi connectivity index (χ1n) is 7.02. The Balaban J connectivity index is 2.12. The number of phenols is 1. The summed E-state index contributed by atoms with van der Waals surface area (Å²) in [6.07, 6.45) is -5.20. The molecule has 7 heteroatoms. The highest BCUT2D eigenvalue weighted by Crippen LogP contribution is 2.42. The summed E-state index contributed by atoms with van der Waals surface area (Å²) >= 11 is 0. The van der Waals surface area contributed by atoms with Gasteiger partial charge in [0.15, 0.2) is 0 Å². The van der Waals surface area contributed by atoms with Crippen molar-refractivity contribution in [1.29, 1.82) is 0 Å². The number of aromatic hydroxyl groups is 1. The fourth-order valence-corrected chi connectivity index (χ4v) is 2.89. The summed E-state index contributed by atoms with van der Waals surface area (Å²) in [4.78, 5) is 3.19. The molecule has 126 valence electrons. The second kappa shape index (κ2) is 5.29. The summed E-state index contributed by atoms with van der Waals surface area (Å²) < 4.78 is 65.4. The van der Waals surface area contributed by atoms with Gasteiger partial charge in [0.2, 0.25) is 0 Å². The van der Waals surface area contributed by atoms with E-state index in [-0.39, 0.29) is 11.3 Å². The third kappa shape index (κ3) is 2.44. The molecular weight excluding hydrogens is 329 g/mol. The number of halogens is 5. The number of aliphatic imine (C=N–C) groups is 1. The Bertz CT molecular complexity index is 839. The highest BCUT2D eigenvalue weighted by Gasteiger charge is 2.61. The minimum Gasteiger partial charge on any atom is -0.508 e. The minimum atomic E-state index is -5.73. The first-order valence-corrected chi connectivity index (χ1v) is 7.02. The molecule has 0 spiro atoms. The van der Waals surface area contributed by atoms with Crippen LogP contribution in [-0.2, 0) is 6.42 Å². The summed E-state index contributed by atoms with van der Waals surface area (Å²) in [6, 6.07) is 8.66. The van der Waals surface area contributed by atoms with Gasteiger partial charge in [-0.15, -0.1) is 0 Å². The van der Waals surface area contributed by atoms with Gasteiger partial charge in [-0.2, -0.15) is 22.0 Å². The van der Waals surface area contributed by atoms with Gasteiger partial charge in [-0.05, 0) is 46.9 Å². The molecule has 2 aromatic carbocycles. The number of hydrogen-bond acceptors (Lipinski definition) is 2. The molecule has 0 saturated carbocycles. The van der Waals surface area contributed by atoms with Gasteiger partial charge in [0.1, 0.15) is 11.5 Å². The third-order valence-electron chi connectivity index (χ3n) is 4.02. The van der Waals surface area contributed by atoms with Crippen molar-refractivity contribution in [3.8, 4) is 16.9 Å². The second-order valence-electron chi connectivity index (χ2n) is 5.53. The van der Waals surface area contributed by atoms with Crippen LogP contribution < -0.4 is 0 Å². The van der Waals surface area contributed by atoms with Gasteiger partial charge in [0, 0.05) is 12.6 Å². The van der Waals surface area contributed by atoms with Crippen LogP contribution in [0.25, 0.3) is 11.1 Å². The average molecular weight is 341 g/mol. The molecule has 1 N–H and O–H groups in total. The topological polar surface area (TPSA) is 32.6 Å². The fraction of sp³-hybridized carbons (Fsp3) is 0.235. The predicted molar refractivity (Wildman–Crippen MR) is 79.8 cm³/mol. The van der Waals surface area contributed by atoms with Crippen molar-refractivity contribution in [2.75, 3.05) is 7.05 Å². The van der Waals surface area contributed by atoms with Crippen LogP contribution in [0.2, 0.25) is 0 Å². The number of fused-ring (bicyclic) bond motifs is 3. The molecular formula is C17H12F5NO. The molecule has 1 aliphatic carbocycles. The lowest BCUT2D eigenvalue weighted by Gasteiger charge is -2.22. The lowest BCUT2D eigenvalue weighted by molar-refractivity contribution is -0.248. The van der Waals surface area contributed by atoms with Crippen molar-refractivity contribution in [2.45, 2.75) is 18.5 Å². The molecule has 2 aromatic rings. The van der Waals surface area contributed by atoms with Gasteiger partial charge in [0.05, 0.1) is 0 Å². The van der Waals surface area contributed by atoms with E-state index in [4.69, 9.17) is 0 Å². The van der Waals surface area contributed by atoms with Gasteiger partial charge in [-0.1, -0.05) is 18.2 Å². The maximum absolute atomic E-state index is 13.7. The molecule has 24 heavy (non-hydrogen) atoms. The van der Waals surface area contributed by atoms with Gasteiger partial charge >= 0.3 is 12.1 Å². The highest BCUT2D eigenvalue weighted by molar-refractivity contribution is 6.07. The monoisotopic (exact) mass is 341 g/mol. The Hall–Kier alpha value is -2.44. The molecule has 0 amide bonds. The number of nitrogens with zero attached hydrogens (tertiary/aromatic N) is 1. The van der Waals surface area contributed by atoms with E-state index in [0.717, 1.165) is 18.2 Å². The van der Waals surface area contributed by atoms with E-state index >= 15 is 0 Å². The smallest absolute Gasteiger partial charge is 0.459 e. The molecule has 0 radical (unpaired) electrons. The number of phenolic OH excluding ortho intramolecular Hbond substituents is 1. The lowest BCUT2D eigenvalue weighted by Crippen LogP contribution is -2.44. The highest BCUT2D eigenvalue weighted by atomic mass is 19.4. The van der Waals surface area contributed by atoms with Crippen LogP contribution in [0.15, 0.2) is 41.4 Å². The maximum atomic E-state index is 13.7. The molecule has 0 heterocycles. The molecule has 0 aliphatic heterocycles. The quantitative estimate of drug-likeness (QED) is 0.537. The molecule has 0 bridgehead atoms. The lowest BCUT2D eigenvalue weighted by atomic mass is 9.97. The van der Waals surface area contributed by atoms with E-state index in [1.807, 2.05) is 0 Å². The molecule has 1 aliphatic rings. The fourth-order valence-electron chi connectivity index (χ4n) is 2.89. The largest absolute Gasteiger partial charge is 0.508 e. The number of alkyl halides is 5. The van der Waals surface area contributed by atoms with Crippen molar-refractivity contribution in [2.24, 2.45) is 4.99 Å². The van der Waals surface area contributed by atoms with Crippen LogP contribution in [0.3, 0.4) is 0 Å². The van der Waals surface area contributed by atoms with Gasteiger partial charge in [-0.25, -0.2) is 0 Å². The summed E-state index contributed by atoms with van der Waals surface area (Å²) in [7, 11) is 0.905. The average Bonchev–Trinajstić information content (AvgIpc) is 2.84. The maximum Gasteiger partial charge on any atom is 0.459 e. The molecule has 0 saturated heterocycles. The molecule has 0 fully saturated rings. The predicted octanol–water partition coefficient (Wildman–Crippen LogP) is 4.58. The minimum absolute atomic E-state index is 0.00277. The Morgan fingerprint density at radius 3 is 2.12 bits per heavy atom. The normalized spacial score (nSPS) is 14.5. The van der Waals surface area contributed by atoms with Crippen LogP contribution in [-0.4, -0.2) is 30.0 Å². The third-order valence-corrected chi connectivity index (χ3v) is 4.02. The first-order chi connectivity index (χ1) is 11.1. The molecule has 0 atom stereocenters. The van der Waals surface area contributed by atoms with E-state index in [1.165, 1.54) is 30.3 Å². The Labute approximate surface area is 134 Å². The van der Waals surface area contributed by atoms with E-state index in [2.05, 4.69) is 4.99 Å². The number of hydrogen-bond donors (Lipinski definition) is 1. The van der Waals surface area contributed by atoms with Crippen molar-refractivity contribution < 1.29 is 27.1 Å². The van der Waals surface area contributed by atoms with E-state index in [0.29, 0.717) is 17.5 Å². The van der Waals surface area contributed by atoms with Crippen molar-refractivity contribution in [3.05, 3.63) is 53.1 Å². The van der Waals surface area contributed by atoms with E-state index < -0.39 is 17.8 Å². The van der Waals surface area contributed by atoms with E-state index in [9.17, 15) is 27.1 Å². The number of rotatable bonds is 2. The van der Waals surface area contributed by atoms with Crippen LogP contribution in [0, 0.1) is 0 Å². The Kier molecular flexibility index (Phi) is 3.62. The van der Waals surface area contributed by atoms with Gasteiger partial charge < -0.3 is 5.11 Å². The van der Waals surface area contributed by atoms with Crippen LogP contribution in [0.4, 0.5) is 22.0 Å². The molecule has 3 rings (SSSR count). The summed E-state index contributed by atoms with van der Waals surface area (Å²) in [5.41, 5.74) is 1.19. The van der Waals surface area contributed by atoms with Crippen molar-refractivity contribution >= 4 is 5.71 Å². The van der Waals surface area contributed by atoms with Crippen LogP contribution in [0.1, 0.15) is 16.7 Å². The first kappa shape index (κ1) is 16.4. The van der Waals surface area contributed by atoms with Crippen LogP contribution in [0.5, 0.6) is 5.75 Å². The second-order valence-corrected chi connectivity index (χ2v) is 5.53. The Morgan fingerprint density at radius 1 is 0.958 bits per heavy atom. The van der Waals surface area contributed by atoms with Crippen molar-refractivity contribution in [3.63, 3.8) is 0 Å². The van der Waals surface area contributed by atoms with Crippen LogP contribution >= 0.6 is 0 Å². The standard InChI is InChI=1S/C17H12F5NO/c1-23-15(16(18,19)17(20,21)22)11-3-2-9-6-10-4-5-12(24)8-14(10)13(9)7-11/h2-5,7-8,24H,6H2,1H3. The molecule has 0 unspecified atom stereocenters.